The zero-order valence-electron chi connectivity index (χ0n) is 18.3. The first kappa shape index (κ1) is 21.6. The Bertz CT molecular complexity index is 828. The molecule has 3 aromatic carbocycles. The van der Waals surface area contributed by atoms with Crippen LogP contribution in [0.3, 0.4) is 0 Å². The Kier molecular flexibility index (Phi) is 9.30. The van der Waals surface area contributed by atoms with Gasteiger partial charge >= 0.3 is 0 Å². The molecule has 0 spiro atoms. The molecule has 0 saturated heterocycles. The second-order valence-corrected chi connectivity index (χ2v) is 8.61. The van der Waals surface area contributed by atoms with Crippen LogP contribution in [0, 0.1) is 0 Å². The summed E-state index contributed by atoms with van der Waals surface area (Å²) in [6, 6.07) is 24.8. The van der Waals surface area contributed by atoms with Crippen LogP contribution in [0.1, 0.15) is 87.8 Å². The SMILES string of the molecule is CCCCCCCCCCCCc1ccc(Cc2ccc3ccccc3c2)cc1. The minimum Gasteiger partial charge on any atom is -0.0654 e. The fraction of sp³-hybridized carbons (Fsp3) is 0.448. The van der Waals surface area contributed by atoms with E-state index < -0.39 is 0 Å². The zero-order valence-corrected chi connectivity index (χ0v) is 18.3. The van der Waals surface area contributed by atoms with Gasteiger partial charge in [-0.15, -0.1) is 0 Å². The van der Waals surface area contributed by atoms with Crippen LogP contribution >= 0.6 is 0 Å². The molecule has 0 aliphatic rings. The average Bonchev–Trinajstić information content (AvgIpc) is 2.76. The van der Waals surface area contributed by atoms with Crippen LogP contribution < -0.4 is 0 Å². The maximum absolute atomic E-state index is 2.34. The molecule has 0 heteroatoms. The van der Waals surface area contributed by atoms with Gasteiger partial charge in [0.25, 0.3) is 0 Å². The highest BCUT2D eigenvalue weighted by atomic mass is 14.1. The van der Waals surface area contributed by atoms with Crippen molar-refractivity contribution in [2.24, 2.45) is 0 Å². The summed E-state index contributed by atoms with van der Waals surface area (Å²) in [5, 5.41) is 2.66. The van der Waals surface area contributed by atoms with Crippen molar-refractivity contribution in [2.45, 2.75) is 84.0 Å². The van der Waals surface area contributed by atoms with Crippen molar-refractivity contribution in [1.29, 1.82) is 0 Å². The van der Waals surface area contributed by atoms with Crippen LogP contribution in [-0.4, -0.2) is 0 Å². The van der Waals surface area contributed by atoms with Crippen molar-refractivity contribution >= 4 is 10.8 Å². The summed E-state index contributed by atoms with van der Waals surface area (Å²) in [6.07, 6.45) is 16.3. The van der Waals surface area contributed by atoms with Gasteiger partial charge in [0, 0.05) is 0 Å². The van der Waals surface area contributed by atoms with E-state index in [0.29, 0.717) is 0 Å². The minimum atomic E-state index is 1.02. The predicted octanol–water partition coefficient (Wildman–Crippen LogP) is 8.89. The van der Waals surface area contributed by atoms with Crippen molar-refractivity contribution in [1.82, 2.24) is 0 Å². The molecule has 0 bridgehead atoms. The summed E-state index contributed by atoms with van der Waals surface area (Å²) in [4.78, 5) is 0. The second-order valence-electron chi connectivity index (χ2n) is 8.61. The monoisotopic (exact) mass is 386 g/mol. The number of unbranched alkanes of at least 4 members (excludes halogenated alkanes) is 9. The summed E-state index contributed by atoms with van der Waals surface area (Å²) in [7, 11) is 0. The molecule has 0 heterocycles. The van der Waals surface area contributed by atoms with Gasteiger partial charge < -0.3 is 0 Å². The van der Waals surface area contributed by atoms with E-state index in [1.54, 1.807) is 0 Å². The minimum absolute atomic E-state index is 1.02. The maximum atomic E-state index is 2.34. The van der Waals surface area contributed by atoms with Gasteiger partial charge in [-0.25, -0.2) is 0 Å². The lowest BCUT2D eigenvalue weighted by Gasteiger charge is -2.07. The fourth-order valence-corrected chi connectivity index (χ4v) is 4.22. The van der Waals surface area contributed by atoms with Gasteiger partial charge in [-0.2, -0.15) is 0 Å². The van der Waals surface area contributed by atoms with Gasteiger partial charge in [-0.3, -0.25) is 0 Å². The zero-order chi connectivity index (χ0) is 20.2. The first-order chi connectivity index (χ1) is 14.3. The predicted molar refractivity (Wildman–Crippen MR) is 129 cm³/mol. The second kappa shape index (κ2) is 12.5. The Hall–Kier alpha value is -2.08. The largest absolute Gasteiger partial charge is 0.0654 e. The highest BCUT2D eigenvalue weighted by Crippen LogP contribution is 2.19. The number of aryl methyl sites for hydroxylation is 1. The number of hydrogen-bond donors (Lipinski definition) is 0. The topological polar surface area (TPSA) is 0 Å². The van der Waals surface area contributed by atoms with Crippen molar-refractivity contribution in [2.75, 3.05) is 0 Å². The van der Waals surface area contributed by atoms with Crippen LogP contribution in [0.2, 0.25) is 0 Å². The summed E-state index contributed by atoms with van der Waals surface area (Å²) in [5.74, 6) is 0. The number of rotatable bonds is 13. The number of hydrogen-bond acceptors (Lipinski definition) is 0. The summed E-state index contributed by atoms with van der Waals surface area (Å²) in [6.45, 7) is 2.29. The van der Waals surface area contributed by atoms with E-state index in [4.69, 9.17) is 0 Å². The lowest BCUT2D eigenvalue weighted by atomic mass is 9.99. The highest BCUT2D eigenvalue weighted by Gasteiger charge is 2.00. The lowest BCUT2D eigenvalue weighted by molar-refractivity contribution is 0.556. The molecule has 0 aliphatic carbocycles. The molecule has 0 saturated carbocycles. The molecule has 0 radical (unpaired) electrons. The van der Waals surface area contributed by atoms with E-state index >= 15 is 0 Å². The molecule has 0 N–H and O–H groups in total. The third-order valence-corrected chi connectivity index (χ3v) is 6.06. The quantitative estimate of drug-likeness (QED) is 0.257. The van der Waals surface area contributed by atoms with E-state index in [-0.39, 0.29) is 0 Å². The van der Waals surface area contributed by atoms with Crippen LogP contribution in [0.4, 0.5) is 0 Å². The average molecular weight is 387 g/mol. The Labute approximate surface area is 178 Å². The van der Waals surface area contributed by atoms with Crippen LogP contribution in [-0.2, 0) is 12.8 Å². The molecular formula is C29H38. The molecule has 0 aromatic heterocycles. The molecule has 29 heavy (non-hydrogen) atoms. The van der Waals surface area contributed by atoms with Gasteiger partial charge in [0.2, 0.25) is 0 Å². The van der Waals surface area contributed by atoms with E-state index in [1.165, 1.54) is 98.1 Å². The Morgan fingerprint density at radius 3 is 1.72 bits per heavy atom. The van der Waals surface area contributed by atoms with Crippen LogP contribution in [0.15, 0.2) is 66.7 Å². The molecule has 3 aromatic rings. The van der Waals surface area contributed by atoms with Crippen molar-refractivity contribution in [3.63, 3.8) is 0 Å². The first-order valence-corrected chi connectivity index (χ1v) is 11.9. The molecule has 0 amide bonds. The Morgan fingerprint density at radius 2 is 1.03 bits per heavy atom. The van der Waals surface area contributed by atoms with Gasteiger partial charge in [0.05, 0.1) is 0 Å². The molecule has 0 fully saturated rings. The Morgan fingerprint density at radius 1 is 0.483 bits per heavy atom. The van der Waals surface area contributed by atoms with Gasteiger partial charge in [0.15, 0.2) is 0 Å². The Balaban J connectivity index is 1.33. The van der Waals surface area contributed by atoms with Crippen molar-refractivity contribution in [3.8, 4) is 0 Å². The van der Waals surface area contributed by atoms with Gasteiger partial charge in [-0.05, 0) is 46.7 Å². The third-order valence-electron chi connectivity index (χ3n) is 6.06. The van der Waals surface area contributed by atoms with E-state index in [1.807, 2.05) is 0 Å². The van der Waals surface area contributed by atoms with Crippen molar-refractivity contribution in [3.05, 3.63) is 83.4 Å². The normalized spacial score (nSPS) is 11.2. The van der Waals surface area contributed by atoms with E-state index in [2.05, 4.69) is 73.7 Å². The molecule has 0 atom stereocenters. The summed E-state index contributed by atoms with van der Waals surface area (Å²) >= 11 is 0. The smallest absolute Gasteiger partial charge is 0.00255 e. The molecule has 0 unspecified atom stereocenters. The molecule has 0 nitrogen and oxygen atoms in total. The van der Waals surface area contributed by atoms with E-state index in [9.17, 15) is 0 Å². The summed E-state index contributed by atoms with van der Waals surface area (Å²) in [5.41, 5.74) is 4.30. The van der Waals surface area contributed by atoms with E-state index in [0.717, 1.165) is 6.42 Å². The number of benzene rings is 3. The lowest BCUT2D eigenvalue weighted by Crippen LogP contribution is -1.91. The maximum Gasteiger partial charge on any atom is -0.00255 e. The first-order valence-electron chi connectivity index (χ1n) is 11.9. The van der Waals surface area contributed by atoms with Crippen molar-refractivity contribution < 1.29 is 0 Å². The standard InChI is InChI=1S/C29H38/c1-2-3-4-5-6-7-8-9-10-11-14-25-17-19-26(20-18-25)23-27-21-22-28-15-12-13-16-29(28)24-27/h12-13,15-22,24H,2-11,14,23H2,1H3. The highest BCUT2D eigenvalue weighted by molar-refractivity contribution is 5.83. The van der Waals surface area contributed by atoms with Gasteiger partial charge in [0.1, 0.15) is 0 Å². The molecular weight excluding hydrogens is 348 g/mol. The third kappa shape index (κ3) is 7.69. The molecule has 154 valence electrons. The van der Waals surface area contributed by atoms with Crippen LogP contribution in [0.5, 0.6) is 0 Å². The van der Waals surface area contributed by atoms with Crippen LogP contribution in [0.25, 0.3) is 10.8 Å². The van der Waals surface area contributed by atoms with Gasteiger partial charge in [-0.1, -0.05) is 131 Å². The summed E-state index contributed by atoms with van der Waals surface area (Å²) < 4.78 is 0. The molecule has 3 rings (SSSR count). The fourth-order valence-electron chi connectivity index (χ4n) is 4.22. The molecule has 0 aliphatic heterocycles. The number of fused-ring (bicyclic) bond motifs is 1.